The molecule has 0 radical (unpaired) electrons. The SMILES string of the molecule is CCNC(=NCc1nc(C)c(C)s1)NCCOc1cccc(Br)c1.I. The van der Waals surface area contributed by atoms with Crippen LogP contribution in [0.25, 0.3) is 0 Å². The number of halogens is 2. The fourth-order valence-corrected chi connectivity index (χ4v) is 3.23. The summed E-state index contributed by atoms with van der Waals surface area (Å²) in [5.74, 6) is 1.63. The molecule has 8 heteroatoms. The largest absolute Gasteiger partial charge is 0.492 e. The van der Waals surface area contributed by atoms with Gasteiger partial charge in [-0.15, -0.1) is 35.3 Å². The number of aliphatic imine (C=N–C) groups is 1. The lowest BCUT2D eigenvalue weighted by molar-refractivity contribution is 0.321. The number of hydrogen-bond donors (Lipinski definition) is 2. The molecule has 0 aliphatic rings. The molecule has 25 heavy (non-hydrogen) atoms. The molecule has 2 rings (SSSR count). The van der Waals surface area contributed by atoms with Crippen LogP contribution in [-0.2, 0) is 6.54 Å². The summed E-state index contributed by atoms with van der Waals surface area (Å²) in [6.07, 6.45) is 0. The third kappa shape index (κ3) is 7.91. The fourth-order valence-electron chi connectivity index (χ4n) is 1.99. The molecule has 0 fully saturated rings. The number of guanidine groups is 1. The first-order chi connectivity index (χ1) is 11.6. The molecule has 0 aliphatic carbocycles. The molecule has 5 nitrogen and oxygen atoms in total. The Morgan fingerprint density at radius 3 is 2.76 bits per heavy atom. The number of thiazole rings is 1. The van der Waals surface area contributed by atoms with Gasteiger partial charge in [0.25, 0.3) is 0 Å². The van der Waals surface area contributed by atoms with Crippen molar-refractivity contribution in [1.82, 2.24) is 15.6 Å². The second-order valence-corrected chi connectivity index (χ2v) is 7.38. The average molecular weight is 539 g/mol. The normalized spacial score (nSPS) is 11.0. The van der Waals surface area contributed by atoms with Gasteiger partial charge in [-0.25, -0.2) is 9.98 Å². The summed E-state index contributed by atoms with van der Waals surface area (Å²) < 4.78 is 6.72. The van der Waals surface area contributed by atoms with E-state index in [1.165, 1.54) is 4.88 Å². The molecule has 0 atom stereocenters. The number of aromatic nitrogens is 1. The van der Waals surface area contributed by atoms with Gasteiger partial charge < -0.3 is 15.4 Å². The van der Waals surface area contributed by atoms with E-state index in [0.717, 1.165) is 33.4 Å². The molecule has 0 saturated heterocycles. The van der Waals surface area contributed by atoms with E-state index < -0.39 is 0 Å². The average Bonchev–Trinajstić information content (AvgIpc) is 2.87. The second-order valence-electron chi connectivity index (χ2n) is 5.18. The molecule has 0 spiro atoms. The summed E-state index contributed by atoms with van der Waals surface area (Å²) in [6.45, 7) is 8.80. The van der Waals surface area contributed by atoms with Gasteiger partial charge in [0.15, 0.2) is 5.96 Å². The second kappa shape index (κ2) is 11.7. The Morgan fingerprint density at radius 1 is 1.32 bits per heavy atom. The number of rotatable bonds is 7. The molecule has 1 aromatic heterocycles. The topological polar surface area (TPSA) is 58.5 Å². The number of nitrogens with one attached hydrogen (secondary N) is 2. The summed E-state index contributed by atoms with van der Waals surface area (Å²) in [5.41, 5.74) is 1.09. The Balaban J connectivity index is 0.00000312. The predicted molar refractivity (Wildman–Crippen MR) is 119 cm³/mol. The van der Waals surface area contributed by atoms with Gasteiger partial charge >= 0.3 is 0 Å². The van der Waals surface area contributed by atoms with E-state index in [2.05, 4.69) is 43.5 Å². The molecule has 138 valence electrons. The Morgan fingerprint density at radius 2 is 2.12 bits per heavy atom. The van der Waals surface area contributed by atoms with Gasteiger partial charge in [0.05, 0.1) is 18.8 Å². The van der Waals surface area contributed by atoms with Gasteiger partial charge in [0, 0.05) is 15.9 Å². The molecule has 0 bridgehead atoms. The lowest BCUT2D eigenvalue weighted by atomic mass is 10.3. The number of nitrogens with zero attached hydrogens (tertiary/aromatic N) is 2. The molecular formula is C17H24BrIN4OS. The first-order valence-corrected chi connectivity index (χ1v) is 9.53. The van der Waals surface area contributed by atoms with Crippen molar-refractivity contribution in [3.05, 3.63) is 44.3 Å². The highest BCUT2D eigenvalue weighted by atomic mass is 127. The van der Waals surface area contributed by atoms with Crippen molar-refractivity contribution < 1.29 is 4.74 Å². The molecule has 2 aromatic rings. The standard InChI is InChI=1S/C17H23BrN4OS.HI/c1-4-19-17(21-11-16-22-12(2)13(3)24-16)20-8-9-23-15-7-5-6-14(18)10-15;/h5-7,10H,4,8-9,11H2,1-3H3,(H2,19,20,21);1H. The maximum Gasteiger partial charge on any atom is 0.191 e. The lowest BCUT2D eigenvalue weighted by Gasteiger charge is -2.12. The van der Waals surface area contributed by atoms with Crippen LogP contribution in [0.1, 0.15) is 22.5 Å². The summed E-state index contributed by atoms with van der Waals surface area (Å²) in [5, 5.41) is 7.55. The third-order valence-corrected chi connectivity index (χ3v) is 4.80. The molecular weight excluding hydrogens is 515 g/mol. The minimum Gasteiger partial charge on any atom is -0.492 e. The zero-order valence-electron chi connectivity index (χ0n) is 14.6. The van der Waals surface area contributed by atoms with Crippen LogP contribution < -0.4 is 15.4 Å². The third-order valence-electron chi connectivity index (χ3n) is 3.25. The molecule has 0 unspecified atom stereocenters. The van der Waals surface area contributed by atoms with E-state index in [1.807, 2.05) is 38.1 Å². The van der Waals surface area contributed by atoms with Gasteiger partial charge in [0.2, 0.25) is 0 Å². The van der Waals surface area contributed by atoms with Crippen molar-refractivity contribution in [3.63, 3.8) is 0 Å². The first-order valence-electron chi connectivity index (χ1n) is 7.92. The highest BCUT2D eigenvalue weighted by Gasteiger charge is 2.04. The van der Waals surface area contributed by atoms with Crippen molar-refractivity contribution in [2.24, 2.45) is 4.99 Å². The number of ether oxygens (including phenoxy) is 1. The number of hydrogen-bond acceptors (Lipinski definition) is 4. The fraction of sp³-hybridized carbons (Fsp3) is 0.412. The summed E-state index contributed by atoms with van der Waals surface area (Å²) >= 11 is 5.13. The number of benzene rings is 1. The molecule has 1 heterocycles. The van der Waals surface area contributed by atoms with Crippen LogP contribution >= 0.6 is 51.2 Å². The van der Waals surface area contributed by atoms with E-state index in [4.69, 9.17) is 4.74 Å². The Labute approximate surface area is 178 Å². The van der Waals surface area contributed by atoms with Crippen molar-refractivity contribution in [3.8, 4) is 5.75 Å². The molecule has 1 aromatic carbocycles. The van der Waals surface area contributed by atoms with Gasteiger partial charge in [-0.3, -0.25) is 0 Å². The van der Waals surface area contributed by atoms with Crippen LogP contribution in [0.15, 0.2) is 33.7 Å². The smallest absolute Gasteiger partial charge is 0.191 e. The monoisotopic (exact) mass is 538 g/mol. The van der Waals surface area contributed by atoms with E-state index in [0.29, 0.717) is 19.7 Å². The van der Waals surface area contributed by atoms with Gasteiger partial charge in [0.1, 0.15) is 17.4 Å². The predicted octanol–water partition coefficient (Wildman–Crippen LogP) is 4.27. The molecule has 0 amide bonds. The summed E-state index contributed by atoms with van der Waals surface area (Å²) in [6, 6.07) is 7.82. The Bertz CT molecular complexity index is 674. The van der Waals surface area contributed by atoms with Crippen molar-refractivity contribution in [1.29, 1.82) is 0 Å². The van der Waals surface area contributed by atoms with Gasteiger partial charge in [-0.2, -0.15) is 0 Å². The summed E-state index contributed by atoms with van der Waals surface area (Å²) in [4.78, 5) is 10.3. The van der Waals surface area contributed by atoms with Crippen LogP contribution in [0.3, 0.4) is 0 Å². The molecule has 2 N–H and O–H groups in total. The Hall–Kier alpha value is -0.870. The maximum atomic E-state index is 5.71. The quantitative estimate of drug-likeness (QED) is 0.239. The van der Waals surface area contributed by atoms with Crippen LogP contribution in [0.5, 0.6) is 5.75 Å². The van der Waals surface area contributed by atoms with E-state index in [9.17, 15) is 0 Å². The summed E-state index contributed by atoms with van der Waals surface area (Å²) in [7, 11) is 0. The van der Waals surface area contributed by atoms with E-state index in [-0.39, 0.29) is 24.0 Å². The van der Waals surface area contributed by atoms with E-state index >= 15 is 0 Å². The molecule has 0 aliphatic heterocycles. The highest BCUT2D eigenvalue weighted by Crippen LogP contribution is 2.18. The molecule has 0 saturated carbocycles. The van der Waals surface area contributed by atoms with Crippen LogP contribution in [0.4, 0.5) is 0 Å². The zero-order chi connectivity index (χ0) is 17.4. The maximum absolute atomic E-state index is 5.71. The van der Waals surface area contributed by atoms with Gasteiger partial charge in [-0.1, -0.05) is 22.0 Å². The Kier molecular flexibility index (Phi) is 10.4. The minimum atomic E-state index is 0. The lowest BCUT2D eigenvalue weighted by Crippen LogP contribution is -2.39. The van der Waals surface area contributed by atoms with E-state index in [1.54, 1.807) is 11.3 Å². The van der Waals surface area contributed by atoms with Crippen molar-refractivity contribution in [2.75, 3.05) is 19.7 Å². The van der Waals surface area contributed by atoms with Crippen LogP contribution in [-0.4, -0.2) is 30.6 Å². The van der Waals surface area contributed by atoms with Crippen molar-refractivity contribution >= 4 is 57.2 Å². The van der Waals surface area contributed by atoms with Crippen molar-refractivity contribution in [2.45, 2.75) is 27.3 Å². The first kappa shape index (κ1) is 22.2. The van der Waals surface area contributed by atoms with Gasteiger partial charge in [-0.05, 0) is 39.0 Å². The zero-order valence-corrected chi connectivity index (χ0v) is 19.4. The highest BCUT2D eigenvalue weighted by molar-refractivity contribution is 14.0. The number of aryl methyl sites for hydroxylation is 2. The minimum absolute atomic E-state index is 0. The van der Waals surface area contributed by atoms with Crippen LogP contribution in [0, 0.1) is 13.8 Å². The van der Waals surface area contributed by atoms with Crippen LogP contribution in [0.2, 0.25) is 0 Å².